The summed E-state index contributed by atoms with van der Waals surface area (Å²) in [4.78, 5) is 23.6. The maximum absolute atomic E-state index is 12.6. The van der Waals surface area contributed by atoms with Crippen molar-refractivity contribution in [1.82, 2.24) is 19.9 Å². The Balaban J connectivity index is 1.27. The first-order chi connectivity index (χ1) is 15.1. The molecule has 5 heterocycles. The van der Waals surface area contributed by atoms with Crippen molar-refractivity contribution in [2.45, 2.75) is 67.0 Å². The molecule has 1 N–H and O–H groups in total. The monoisotopic (exact) mass is 460 g/mol. The Kier molecular flexibility index (Phi) is 4.70. The van der Waals surface area contributed by atoms with Crippen LogP contribution in [0.25, 0.3) is 0 Å². The minimum Gasteiger partial charge on any atom is -0.394 e. The molecule has 2 saturated heterocycles. The Morgan fingerprint density at radius 2 is 1.87 bits per heavy atom. The summed E-state index contributed by atoms with van der Waals surface area (Å²) in [7, 11) is -1.09. The lowest BCUT2D eigenvalue weighted by molar-refractivity contribution is 0.115. The molecule has 0 aromatic carbocycles. The Bertz CT molecular complexity index is 1020. The Labute approximate surface area is 188 Å². The van der Waals surface area contributed by atoms with E-state index in [0.29, 0.717) is 46.2 Å². The van der Waals surface area contributed by atoms with Crippen LogP contribution in [0.5, 0.6) is 0 Å². The number of nitrogens with zero attached hydrogens (tertiary/aromatic N) is 6. The largest absolute Gasteiger partial charge is 0.394 e. The van der Waals surface area contributed by atoms with E-state index in [2.05, 4.69) is 24.8 Å². The lowest BCUT2D eigenvalue weighted by Gasteiger charge is -2.55. The molecule has 3 atom stereocenters. The number of aliphatic hydroxyl groups excluding tert-OH is 1. The first kappa shape index (κ1) is 19.8. The normalized spacial score (nSPS) is 30.9. The number of piperidine rings is 1. The van der Waals surface area contributed by atoms with Gasteiger partial charge in [0.1, 0.15) is 5.82 Å². The van der Waals surface area contributed by atoms with E-state index in [-0.39, 0.29) is 12.1 Å². The van der Waals surface area contributed by atoms with Gasteiger partial charge in [-0.3, -0.25) is 4.21 Å². The molecule has 3 unspecified atom stereocenters. The first-order valence-electron chi connectivity index (χ1n) is 11.0. The number of rotatable bonds is 4. The third kappa shape index (κ3) is 3.08. The number of aromatic nitrogens is 4. The number of fused-ring (bicyclic) bond motifs is 3. The van der Waals surface area contributed by atoms with Crippen molar-refractivity contribution in [2.75, 3.05) is 28.7 Å². The van der Waals surface area contributed by atoms with Gasteiger partial charge in [0.2, 0.25) is 5.95 Å². The predicted octanol–water partition coefficient (Wildman–Crippen LogP) is 2.29. The van der Waals surface area contributed by atoms with Crippen LogP contribution in [0, 0.1) is 0 Å². The van der Waals surface area contributed by atoms with Gasteiger partial charge in [0.05, 0.1) is 39.1 Å². The minimum absolute atomic E-state index is 0.107. The second-order valence-corrected chi connectivity index (χ2v) is 11.1. The van der Waals surface area contributed by atoms with E-state index in [1.807, 2.05) is 0 Å². The fourth-order valence-electron chi connectivity index (χ4n) is 5.73. The maximum atomic E-state index is 12.6. The zero-order valence-corrected chi connectivity index (χ0v) is 18.7. The van der Waals surface area contributed by atoms with Gasteiger partial charge < -0.3 is 14.9 Å². The third-order valence-corrected chi connectivity index (χ3v) is 9.08. The molecule has 2 saturated carbocycles. The smallest absolute Gasteiger partial charge is 0.227 e. The van der Waals surface area contributed by atoms with Gasteiger partial charge in [0.25, 0.3) is 0 Å². The molecule has 7 rings (SSSR count). The van der Waals surface area contributed by atoms with Gasteiger partial charge in [-0.25, -0.2) is 15.0 Å². The van der Waals surface area contributed by atoms with E-state index >= 15 is 0 Å². The quantitative estimate of drug-likeness (QED) is 0.742. The Hall–Kier alpha value is -1.84. The molecule has 10 heteroatoms. The summed E-state index contributed by atoms with van der Waals surface area (Å²) in [5.41, 5.74) is -0.257. The van der Waals surface area contributed by atoms with E-state index in [1.165, 1.54) is 0 Å². The summed E-state index contributed by atoms with van der Waals surface area (Å²) in [6.45, 7) is 0.773. The van der Waals surface area contributed by atoms with Crippen LogP contribution in [-0.2, 0) is 10.8 Å². The highest BCUT2D eigenvalue weighted by molar-refractivity contribution is 7.85. The van der Waals surface area contributed by atoms with Crippen molar-refractivity contribution >= 4 is 34.2 Å². The van der Waals surface area contributed by atoms with Gasteiger partial charge in [-0.2, -0.15) is 4.98 Å². The zero-order valence-electron chi connectivity index (χ0n) is 17.2. The van der Waals surface area contributed by atoms with E-state index in [4.69, 9.17) is 16.6 Å². The van der Waals surface area contributed by atoms with Gasteiger partial charge in [-0.15, -0.1) is 0 Å². The summed E-state index contributed by atoms with van der Waals surface area (Å²) in [6.07, 6.45) is 11.2. The highest BCUT2D eigenvalue weighted by Gasteiger charge is 2.49. The SMILES string of the molecule is O=S1CCN(C2(CO)CCC2)c2nc(N3C4CC(c5ncc(Cl)cn5)CC3C4)ncc21. The molecular formula is C21H25ClN6O2S. The van der Waals surface area contributed by atoms with Crippen LogP contribution in [-0.4, -0.2) is 65.8 Å². The van der Waals surface area contributed by atoms with Crippen molar-refractivity contribution in [2.24, 2.45) is 0 Å². The molecule has 2 bridgehead atoms. The predicted molar refractivity (Wildman–Crippen MR) is 118 cm³/mol. The molecule has 0 spiro atoms. The second kappa shape index (κ2) is 7.35. The minimum atomic E-state index is -1.09. The van der Waals surface area contributed by atoms with Crippen molar-refractivity contribution in [3.8, 4) is 0 Å². The summed E-state index contributed by atoms with van der Waals surface area (Å²) in [5, 5.41) is 10.7. The van der Waals surface area contributed by atoms with Gasteiger partial charge in [-0.1, -0.05) is 11.6 Å². The fourth-order valence-corrected chi connectivity index (χ4v) is 6.92. The van der Waals surface area contributed by atoms with Gasteiger partial charge in [0.15, 0.2) is 5.82 Å². The molecule has 0 amide bonds. The number of hydrogen-bond donors (Lipinski definition) is 1. The molecule has 164 valence electrons. The van der Waals surface area contributed by atoms with Crippen molar-refractivity contribution in [3.63, 3.8) is 0 Å². The molecule has 3 aliphatic heterocycles. The van der Waals surface area contributed by atoms with Crippen molar-refractivity contribution < 1.29 is 9.32 Å². The molecule has 2 aromatic heterocycles. The van der Waals surface area contributed by atoms with Gasteiger partial charge in [0, 0.05) is 42.7 Å². The van der Waals surface area contributed by atoms with E-state index < -0.39 is 10.8 Å². The van der Waals surface area contributed by atoms with E-state index in [0.717, 1.165) is 50.2 Å². The third-order valence-electron chi connectivity index (χ3n) is 7.56. The maximum Gasteiger partial charge on any atom is 0.227 e. The van der Waals surface area contributed by atoms with Gasteiger partial charge >= 0.3 is 0 Å². The number of anilines is 2. The van der Waals surface area contributed by atoms with Crippen LogP contribution in [0.1, 0.15) is 50.3 Å². The number of aliphatic hydroxyl groups is 1. The summed E-state index contributed by atoms with van der Waals surface area (Å²) < 4.78 is 12.6. The summed E-state index contributed by atoms with van der Waals surface area (Å²) in [6, 6.07) is 0.721. The summed E-state index contributed by atoms with van der Waals surface area (Å²) in [5.74, 6) is 3.22. The second-order valence-electron chi connectivity index (χ2n) is 9.17. The molecule has 8 nitrogen and oxygen atoms in total. The Morgan fingerprint density at radius 3 is 2.52 bits per heavy atom. The van der Waals surface area contributed by atoms with Crippen LogP contribution >= 0.6 is 11.6 Å². The molecule has 2 aromatic rings. The first-order valence-corrected chi connectivity index (χ1v) is 12.7. The van der Waals surface area contributed by atoms with Crippen molar-refractivity contribution in [3.05, 3.63) is 29.4 Å². The standard InChI is InChI=1S/C21H25ClN6O2S/c22-14-9-23-18(24-10-14)13-6-15-8-16(7-13)28(15)20-25-11-17-19(26-20)27(4-5-31(17)30)21(12-29)2-1-3-21/h9-11,13,15-16,29H,1-8,12H2. The topological polar surface area (TPSA) is 95.3 Å². The van der Waals surface area contributed by atoms with Crippen LogP contribution in [0.15, 0.2) is 23.5 Å². The lowest BCUT2D eigenvalue weighted by Crippen LogP contribution is -2.62. The van der Waals surface area contributed by atoms with Crippen molar-refractivity contribution in [1.29, 1.82) is 0 Å². The highest BCUT2D eigenvalue weighted by atomic mass is 35.5. The van der Waals surface area contributed by atoms with Crippen LogP contribution in [0.3, 0.4) is 0 Å². The number of hydrogen-bond acceptors (Lipinski definition) is 8. The molecule has 5 aliphatic rings. The number of halogens is 1. The zero-order chi connectivity index (χ0) is 21.2. The lowest BCUT2D eigenvalue weighted by atomic mass is 9.73. The molecule has 0 radical (unpaired) electrons. The van der Waals surface area contributed by atoms with Crippen LogP contribution in [0.4, 0.5) is 11.8 Å². The van der Waals surface area contributed by atoms with Crippen LogP contribution in [0.2, 0.25) is 5.02 Å². The van der Waals surface area contributed by atoms with Gasteiger partial charge in [-0.05, 0) is 38.5 Å². The fraction of sp³-hybridized carbons (Fsp3) is 0.619. The molecule has 31 heavy (non-hydrogen) atoms. The van der Waals surface area contributed by atoms with E-state index in [9.17, 15) is 9.32 Å². The molecular weight excluding hydrogens is 436 g/mol. The average Bonchev–Trinajstić information content (AvgIpc) is 2.75. The Morgan fingerprint density at radius 1 is 1.13 bits per heavy atom. The van der Waals surface area contributed by atoms with Crippen LogP contribution < -0.4 is 9.80 Å². The summed E-state index contributed by atoms with van der Waals surface area (Å²) >= 11 is 5.94. The van der Waals surface area contributed by atoms with E-state index in [1.54, 1.807) is 18.6 Å². The average molecular weight is 461 g/mol. The molecule has 4 fully saturated rings. The highest BCUT2D eigenvalue weighted by Crippen LogP contribution is 2.47. The molecule has 2 aliphatic carbocycles.